The predicted molar refractivity (Wildman–Crippen MR) is 66.1 cm³/mol. The van der Waals surface area contributed by atoms with E-state index in [0.29, 0.717) is 6.07 Å². The zero-order chi connectivity index (χ0) is 15.6. The molecule has 21 heavy (non-hydrogen) atoms. The molecule has 0 amide bonds. The zero-order valence-electron chi connectivity index (χ0n) is 10.5. The summed E-state index contributed by atoms with van der Waals surface area (Å²) in [5.41, 5.74) is -1.65. The van der Waals surface area contributed by atoms with Crippen LogP contribution in [0.15, 0.2) is 36.4 Å². The first kappa shape index (κ1) is 15.0. The van der Waals surface area contributed by atoms with Crippen molar-refractivity contribution in [2.24, 2.45) is 0 Å². The SMILES string of the molecule is N#CCc1ccc(-c2cccc(C(F)(F)F)c2F)cc1F. The van der Waals surface area contributed by atoms with Crippen LogP contribution >= 0.6 is 0 Å². The second-order valence-corrected chi connectivity index (χ2v) is 4.31. The Labute approximate surface area is 117 Å². The maximum atomic E-state index is 13.9. The van der Waals surface area contributed by atoms with E-state index < -0.39 is 23.4 Å². The van der Waals surface area contributed by atoms with Crippen LogP contribution in [0.25, 0.3) is 11.1 Å². The van der Waals surface area contributed by atoms with Crippen LogP contribution < -0.4 is 0 Å². The van der Waals surface area contributed by atoms with Gasteiger partial charge in [0.15, 0.2) is 0 Å². The third-order valence-electron chi connectivity index (χ3n) is 2.94. The normalized spacial score (nSPS) is 11.2. The molecule has 2 rings (SSSR count). The second-order valence-electron chi connectivity index (χ2n) is 4.31. The maximum absolute atomic E-state index is 13.9. The minimum Gasteiger partial charge on any atom is -0.207 e. The number of benzene rings is 2. The van der Waals surface area contributed by atoms with Crippen LogP contribution in [0.1, 0.15) is 11.1 Å². The smallest absolute Gasteiger partial charge is 0.207 e. The number of alkyl halides is 3. The Kier molecular flexibility index (Phi) is 3.94. The van der Waals surface area contributed by atoms with Gasteiger partial charge in [-0.1, -0.05) is 24.3 Å². The fourth-order valence-corrected chi connectivity index (χ4v) is 1.92. The van der Waals surface area contributed by atoms with Crippen LogP contribution in [-0.4, -0.2) is 0 Å². The Morgan fingerprint density at radius 2 is 1.76 bits per heavy atom. The van der Waals surface area contributed by atoms with Crippen molar-refractivity contribution in [3.8, 4) is 17.2 Å². The molecule has 0 radical (unpaired) electrons. The Hall–Kier alpha value is -2.42. The van der Waals surface area contributed by atoms with Gasteiger partial charge in [-0.3, -0.25) is 0 Å². The highest BCUT2D eigenvalue weighted by Crippen LogP contribution is 2.35. The molecule has 0 heterocycles. The van der Waals surface area contributed by atoms with Gasteiger partial charge in [-0.25, -0.2) is 8.78 Å². The van der Waals surface area contributed by atoms with Crippen molar-refractivity contribution in [1.29, 1.82) is 5.26 Å². The van der Waals surface area contributed by atoms with E-state index in [0.717, 1.165) is 18.2 Å². The van der Waals surface area contributed by atoms with Gasteiger partial charge >= 0.3 is 6.18 Å². The predicted octanol–water partition coefficient (Wildman–Crippen LogP) is 4.72. The zero-order valence-corrected chi connectivity index (χ0v) is 10.5. The molecule has 2 aromatic carbocycles. The van der Waals surface area contributed by atoms with E-state index >= 15 is 0 Å². The largest absolute Gasteiger partial charge is 0.419 e. The minimum atomic E-state index is -4.82. The highest BCUT2D eigenvalue weighted by molar-refractivity contribution is 5.66. The number of hydrogen-bond donors (Lipinski definition) is 0. The van der Waals surface area contributed by atoms with E-state index in [1.807, 2.05) is 0 Å². The molecule has 0 atom stereocenters. The van der Waals surface area contributed by atoms with Crippen molar-refractivity contribution in [3.63, 3.8) is 0 Å². The Morgan fingerprint density at radius 1 is 1.05 bits per heavy atom. The molecule has 0 bridgehead atoms. The Bertz CT molecular complexity index is 713. The van der Waals surface area contributed by atoms with E-state index in [1.54, 1.807) is 6.07 Å². The summed E-state index contributed by atoms with van der Waals surface area (Å²) >= 11 is 0. The molecule has 0 N–H and O–H groups in total. The molecule has 0 fully saturated rings. The van der Waals surface area contributed by atoms with Crippen molar-refractivity contribution < 1.29 is 22.0 Å². The molecular formula is C15H8F5N. The lowest BCUT2D eigenvalue weighted by molar-refractivity contribution is -0.139. The lowest BCUT2D eigenvalue weighted by Crippen LogP contribution is -2.08. The fourth-order valence-electron chi connectivity index (χ4n) is 1.92. The van der Waals surface area contributed by atoms with Gasteiger partial charge in [0.1, 0.15) is 11.6 Å². The second kappa shape index (κ2) is 5.52. The summed E-state index contributed by atoms with van der Waals surface area (Å²) in [6.07, 6.45) is -4.99. The highest BCUT2D eigenvalue weighted by atomic mass is 19.4. The van der Waals surface area contributed by atoms with Gasteiger partial charge in [-0.15, -0.1) is 0 Å². The van der Waals surface area contributed by atoms with Gasteiger partial charge in [0.25, 0.3) is 0 Å². The van der Waals surface area contributed by atoms with Gasteiger partial charge < -0.3 is 0 Å². The van der Waals surface area contributed by atoms with Gasteiger partial charge in [-0.2, -0.15) is 18.4 Å². The lowest BCUT2D eigenvalue weighted by Gasteiger charge is -2.11. The summed E-state index contributed by atoms with van der Waals surface area (Å²) in [4.78, 5) is 0. The third-order valence-corrected chi connectivity index (χ3v) is 2.94. The number of hydrogen-bond acceptors (Lipinski definition) is 1. The first-order valence-electron chi connectivity index (χ1n) is 5.86. The van der Waals surface area contributed by atoms with Gasteiger partial charge in [0.05, 0.1) is 18.1 Å². The summed E-state index contributed by atoms with van der Waals surface area (Å²) in [5.74, 6) is -2.21. The molecule has 0 aliphatic heterocycles. The van der Waals surface area contributed by atoms with Crippen LogP contribution in [0.4, 0.5) is 22.0 Å². The summed E-state index contributed by atoms with van der Waals surface area (Å²) in [5, 5.41) is 8.50. The van der Waals surface area contributed by atoms with Crippen molar-refractivity contribution in [3.05, 3.63) is 59.2 Å². The first-order chi connectivity index (χ1) is 9.84. The maximum Gasteiger partial charge on any atom is 0.419 e. The van der Waals surface area contributed by atoms with E-state index in [4.69, 9.17) is 5.26 Å². The van der Waals surface area contributed by atoms with Crippen molar-refractivity contribution in [1.82, 2.24) is 0 Å². The van der Waals surface area contributed by atoms with Crippen LogP contribution in [0.5, 0.6) is 0 Å². The highest BCUT2D eigenvalue weighted by Gasteiger charge is 2.34. The lowest BCUT2D eigenvalue weighted by atomic mass is 9.99. The van der Waals surface area contributed by atoms with Crippen LogP contribution in [0.3, 0.4) is 0 Å². The number of halogens is 5. The van der Waals surface area contributed by atoms with Crippen LogP contribution in [0, 0.1) is 23.0 Å². The summed E-state index contributed by atoms with van der Waals surface area (Å²) in [7, 11) is 0. The summed E-state index contributed by atoms with van der Waals surface area (Å²) < 4.78 is 65.5. The molecule has 0 saturated carbocycles. The standard InChI is InChI=1S/C15H8F5N/c16-13-8-10(5-4-9(13)6-7-21)11-2-1-3-12(14(11)17)15(18,19)20/h1-5,8H,6H2. The average Bonchev–Trinajstić information content (AvgIpc) is 2.40. The first-order valence-corrected chi connectivity index (χ1v) is 5.86. The molecule has 0 unspecified atom stereocenters. The molecule has 0 aliphatic carbocycles. The molecule has 6 heteroatoms. The topological polar surface area (TPSA) is 23.8 Å². The number of nitriles is 1. The number of nitrogens with zero attached hydrogens (tertiary/aromatic N) is 1. The fraction of sp³-hybridized carbons (Fsp3) is 0.133. The monoisotopic (exact) mass is 297 g/mol. The van der Waals surface area contributed by atoms with E-state index in [2.05, 4.69) is 0 Å². The van der Waals surface area contributed by atoms with Crippen LogP contribution in [0.2, 0.25) is 0 Å². The molecule has 0 spiro atoms. The summed E-state index contributed by atoms with van der Waals surface area (Å²) in [6.45, 7) is 0. The molecule has 0 saturated heterocycles. The van der Waals surface area contributed by atoms with E-state index in [-0.39, 0.29) is 23.1 Å². The van der Waals surface area contributed by atoms with Gasteiger partial charge in [-0.05, 0) is 17.7 Å². The van der Waals surface area contributed by atoms with Crippen molar-refractivity contribution in [2.75, 3.05) is 0 Å². The van der Waals surface area contributed by atoms with Crippen molar-refractivity contribution >= 4 is 0 Å². The molecule has 2 aromatic rings. The molecular weight excluding hydrogens is 289 g/mol. The van der Waals surface area contributed by atoms with Crippen molar-refractivity contribution in [2.45, 2.75) is 12.6 Å². The summed E-state index contributed by atoms with van der Waals surface area (Å²) in [6, 6.07) is 8.05. The quantitative estimate of drug-likeness (QED) is 0.736. The minimum absolute atomic E-state index is 0.0159. The molecule has 0 aromatic heterocycles. The Balaban J connectivity index is 2.53. The van der Waals surface area contributed by atoms with E-state index in [1.165, 1.54) is 12.1 Å². The number of rotatable bonds is 2. The average molecular weight is 297 g/mol. The molecule has 1 nitrogen and oxygen atoms in total. The van der Waals surface area contributed by atoms with Gasteiger partial charge in [0, 0.05) is 11.1 Å². The Morgan fingerprint density at radius 3 is 2.33 bits per heavy atom. The van der Waals surface area contributed by atoms with Crippen LogP contribution in [-0.2, 0) is 12.6 Å². The third kappa shape index (κ3) is 3.02. The van der Waals surface area contributed by atoms with Gasteiger partial charge in [0.2, 0.25) is 0 Å². The van der Waals surface area contributed by atoms with E-state index in [9.17, 15) is 22.0 Å². The molecule has 0 aliphatic rings. The molecule has 108 valence electrons.